The molecule has 0 aromatic heterocycles. The van der Waals surface area contributed by atoms with Crippen molar-refractivity contribution in [3.63, 3.8) is 0 Å². The number of nitrogens with one attached hydrogen (secondary N) is 1. The molecule has 0 fully saturated rings. The lowest BCUT2D eigenvalue weighted by Gasteiger charge is -2.13. The van der Waals surface area contributed by atoms with Crippen LogP contribution in [-0.4, -0.2) is 17.4 Å². The van der Waals surface area contributed by atoms with Crippen molar-refractivity contribution in [2.24, 2.45) is 0 Å². The zero-order chi connectivity index (χ0) is 19.3. The third-order valence-electron chi connectivity index (χ3n) is 3.42. The van der Waals surface area contributed by atoms with E-state index in [4.69, 9.17) is 21.6 Å². The molecule has 0 radical (unpaired) electrons. The molecule has 0 saturated carbocycles. The van der Waals surface area contributed by atoms with Crippen LogP contribution >= 0.6 is 23.4 Å². The molecule has 0 heterocycles. The second-order valence-corrected chi connectivity index (χ2v) is 6.60. The van der Waals surface area contributed by atoms with Crippen LogP contribution < -0.4 is 10.1 Å². The van der Waals surface area contributed by atoms with Gasteiger partial charge in [0.1, 0.15) is 11.2 Å². The molecule has 2 aromatic carbocycles. The first-order chi connectivity index (χ1) is 12.3. The number of nitro benzene ring substituents is 1. The summed E-state index contributed by atoms with van der Waals surface area (Å²) in [6.07, 6.45) is 0. The fraction of sp³-hybridized carbons (Fsp3) is 0.176. The SMILES string of the molecule is Cc1cc(SC#N)cc(C)c1NC(=O)COc1ccc([N+](=O)[O-])cc1Cl. The summed E-state index contributed by atoms with van der Waals surface area (Å²) in [7, 11) is 0. The number of ether oxygens (including phenoxy) is 1. The van der Waals surface area contributed by atoms with Gasteiger partial charge in [-0.2, -0.15) is 5.26 Å². The van der Waals surface area contributed by atoms with Crippen molar-refractivity contribution < 1.29 is 14.5 Å². The number of carbonyl (C=O) groups excluding carboxylic acids is 1. The Labute approximate surface area is 159 Å². The second-order valence-electron chi connectivity index (χ2n) is 5.33. The van der Waals surface area contributed by atoms with Gasteiger partial charge in [-0.05, 0) is 54.9 Å². The maximum Gasteiger partial charge on any atom is 0.271 e. The van der Waals surface area contributed by atoms with Gasteiger partial charge in [-0.3, -0.25) is 14.9 Å². The lowest BCUT2D eigenvalue weighted by Crippen LogP contribution is -2.21. The van der Waals surface area contributed by atoms with Crippen molar-refractivity contribution in [2.75, 3.05) is 11.9 Å². The molecule has 0 unspecified atom stereocenters. The van der Waals surface area contributed by atoms with Crippen LogP contribution in [0, 0.1) is 34.6 Å². The highest BCUT2D eigenvalue weighted by Crippen LogP contribution is 2.29. The van der Waals surface area contributed by atoms with Crippen LogP contribution in [0.1, 0.15) is 11.1 Å². The Morgan fingerprint density at radius 2 is 2.00 bits per heavy atom. The summed E-state index contributed by atoms with van der Waals surface area (Å²) in [5.74, 6) is -0.215. The molecule has 0 aliphatic heterocycles. The summed E-state index contributed by atoms with van der Waals surface area (Å²) >= 11 is 6.97. The molecule has 1 N–H and O–H groups in total. The minimum absolute atomic E-state index is 0.0530. The maximum absolute atomic E-state index is 12.1. The van der Waals surface area contributed by atoms with E-state index in [1.165, 1.54) is 12.1 Å². The largest absolute Gasteiger partial charge is 0.482 e. The summed E-state index contributed by atoms with van der Waals surface area (Å²) in [4.78, 5) is 23.1. The number of nitriles is 1. The van der Waals surface area contributed by atoms with Crippen molar-refractivity contribution in [3.8, 4) is 11.2 Å². The third-order valence-corrected chi connectivity index (χ3v) is 4.28. The summed E-state index contributed by atoms with van der Waals surface area (Å²) in [5.41, 5.74) is 2.14. The van der Waals surface area contributed by atoms with Gasteiger partial charge >= 0.3 is 0 Å². The highest BCUT2D eigenvalue weighted by atomic mass is 35.5. The van der Waals surface area contributed by atoms with Gasteiger partial charge in [0.05, 0.1) is 9.95 Å². The molecular formula is C17H14ClN3O4S. The second kappa shape index (κ2) is 8.56. The normalized spacial score (nSPS) is 10.1. The Kier molecular flexibility index (Phi) is 6.44. The van der Waals surface area contributed by atoms with Gasteiger partial charge in [0.15, 0.2) is 6.61 Å². The van der Waals surface area contributed by atoms with E-state index in [0.717, 1.165) is 33.9 Å². The number of nitrogens with zero attached hydrogens (tertiary/aromatic N) is 2. The number of benzene rings is 2. The van der Waals surface area contributed by atoms with Crippen molar-refractivity contribution in [1.82, 2.24) is 0 Å². The molecule has 0 saturated heterocycles. The smallest absolute Gasteiger partial charge is 0.271 e. The number of aryl methyl sites for hydroxylation is 2. The molecule has 26 heavy (non-hydrogen) atoms. The Morgan fingerprint density at radius 3 is 2.54 bits per heavy atom. The van der Waals surface area contributed by atoms with E-state index in [9.17, 15) is 14.9 Å². The molecule has 2 rings (SSSR count). The van der Waals surface area contributed by atoms with Crippen LogP contribution in [0.3, 0.4) is 0 Å². The number of anilines is 1. The lowest BCUT2D eigenvalue weighted by molar-refractivity contribution is -0.384. The lowest BCUT2D eigenvalue weighted by atomic mass is 10.1. The van der Waals surface area contributed by atoms with E-state index in [0.29, 0.717) is 5.69 Å². The predicted molar refractivity (Wildman–Crippen MR) is 99.6 cm³/mol. The summed E-state index contributed by atoms with van der Waals surface area (Å²) in [6.45, 7) is 3.36. The molecule has 0 bridgehead atoms. The van der Waals surface area contributed by atoms with E-state index in [1.807, 2.05) is 31.4 Å². The number of thioether (sulfide) groups is 1. The van der Waals surface area contributed by atoms with Crippen molar-refractivity contribution in [3.05, 3.63) is 56.6 Å². The number of carbonyl (C=O) groups is 1. The maximum atomic E-state index is 12.1. The van der Waals surface area contributed by atoms with Crippen molar-refractivity contribution in [1.29, 1.82) is 5.26 Å². The third kappa shape index (κ3) is 4.88. The molecule has 2 aromatic rings. The van der Waals surface area contributed by atoms with Crippen molar-refractivity contribution in [2.45, 2.75) is 18.7 Å². The minimum atomic E-state index is -0.567. The van der Waals surface area contributed by atoms with E-state index in [2.05, 4.69) is 5.32 Å². The van der Waals surface area contributed by atoms with Crippen LogP contribution in [-0.2, 0) is 4.79 Å². The molecule has 134 valence electrons. The van der Waals surface area contributed by atoms with Gasteiger partial charge in [-0.25, -0.2) is 0 Å². The number of thiocyanates is 1. The summed E-state index contributed by atoms with van der Waals surface area (Å²) in [6, 6.07) is 7.38. The minimum Gasteiger partial charge on any atom is -0.482 e. The standard InChI is InChI=1S/C17H14ClN3O4S/c1-10-5-13(26-9-19)6-11(2)17(10)20-16(22)8-25-15-4-3-12(21(23)24)7-14(15)18/h3-7H,8H2,1-2H3,(H,20,22). The number of amides is 1. The molecule has 0 aliphatic carbocycles. The Hall–Kier alpha value is -2.76. The van der Waals surface area contributed by atoms with Gasteiger partial charge in [0.2, 0.25) is 0 Å². The van der Waals surface area contributed by atoms with Crippen LogP contribution in [0.4, 0.5) is 11.4 Å². The first-order valence-electron chi connectivity index (χ1n) is 7.35. The van der Waals surface area contributed by atoms with Crippen LogP contribution in [0.15, 0.2) is 35.2 Å². The molecule has 0 spiro atoms. The van der Waals surface area contributed by atoms with E-state index >= 15 is 0 Å². The molecular weight excluding hydrogens is 378 g/mol. The number of hydrogen-bond donors (Lipinski definition) is 1. The molecule has 9 heteroatoms. The van der Waals surface area contributed by atoms with Gasteiger partial charge in [0.25, 0.3) is 11.6 Å². The number of non-ortho nitro benzene ring substituents is 1. The Morgan fingerprint density at radius 1 is 1.35 bits per heavy atom. The van der Waals surface area contributed by atoms with Crippen LogP contribution in [0.25, 0.3) is 0 Å². The molecule has 1 amide bonds. The average molecular weight is 392 g/mol. The van der Waals surface area contributed by atoms with Gasteiger partial charge < -0.3 is 10.1 Å². The van der Waals surface area contributed by atoms with Crippen LogP contribution in [0.5, 0.6) is 5.75 Å². The summed E-state index contributed by atoms with van der Waals surface area (Å²) < 4.78 is 5.33. The number of hydrogen-bond acceptors (Lipinski definition) is 6. The molecule has 0 aliphatic rings. The quantitative estimate of drug-likeness (QED) is 0.337. The topological polar surface area (TPSA) is 105 Å². The Bertz CT molecular complexity index is 888. The monoisotopic (exact) mass is 391 g/mol. The van der Waals surface area contributed by atoms with Crippen molar-refractivity contribution >= 4 is 40.6 Å². The van der Waals surface area contributed by atoms with Crippen LogP contribution in [0.2, 0.25) is 5.02 Å². The first kappa shape index (κ1) is 19.6. The molecule has 7 nitrogen and oxygen atoms in total. The zero-order valence-corrected chi connectivity index (χ0v) is 15.5. The van der Waals surface area contributed by atoms with Gasteiger partial charge in [-0.1, -0.05) is 11.6 Å². The van der Waals surface area contributed by atoms with E-state index in [1.54, 1.807) is 0 Å². The number of nitro groups is 1. The molecule has 0 atom stereocenters. The average Bonchev–Trinajstić information content (AvgIpc) is 2.57. The fourth-order valence-corrected chi connectivity index (χ4v) is 3.08. The Balaban J connectivity index is 2.04. The number of halogens is 1. The number of rotatable bonds is 6. The van der Waals surface area contributed by atoms with E-state index in [-0.39, 0.29) is 23.1 Å². The highest BCUT2D eigenvalue weighted by molar-refractivity contribution is 8.03. The first-order valence-corrected chi connectivity index (χ1v) is 8.55. The summed E-state index contributed by atoms with van der Waals surface area (Å²) in [5, 5.41) is 24.2. The predicted octanol–water partition coefficient (Wildman–Crippen LogP) is 4.46. The fourth-order valence-electron chi connectivity index (χ4n) is 2.27. The van der Waals surface area contributed by atoms with Gasteiger partial charge in [0, 0.05) is 22.7 Å². The van der Waals surface area contributed by atoms with E-state index < -0.39 is 10.8 Å². The highest BCUT2D eigenvalue weighted by Gasteiger charge is 2.13. The zero-order valence-electron chi connectivity index (χ0n) is 13.9. The van der Waals surface area contributed by atoms with Gasteiger partial charge in [-0.15, -0.1) is 0 Å².